The molecule has 0 aliphatic carbocycles. The van der Waals surface area contributed by atoms with Gasteiger partial charge in [0, 0.05) is 30.8 Å². The predicted octanol–water partition coefficient (Wildman–Crippen LogP) is 2.08. The van der Waals surface area contributed by atoms with Crippen LogP contribution in [0.1, 0.15) is 18.4 Å². The molecule has 1 N–H and O–H groups in total. The second kappa shape index (κ2) is 3.77. The van der Waals surface area contributed by atoms with Gasteiger partial charge >= 0.3 is 5.97 Å². The van der Waals surface area contributed by atoms with Crippen molar-refractivity contribution in [2.45, 2.75) is 12.8 Å². The summed E-state index contributed by atoms with van der Waals surface area (Å²) in [5.41, 5.74) is 1.35. The molecular formula is C12H14FNO2. The van der Waals surface area contributed by atoms with E-state index in [1.165, 1.54) is 6.07 Å². The number of likely N-dealkylation sites (N-methyl/N-ethyl adjacent to an activating group) is 1. The van der Waals surface area contributed by atoms with Crippen LogP contribution in [0.4, 0.5) is 10.1 Å². The largest absolute Gasteiger partial charge is 0.481 e. The third-order valence-electron chi connectivity index (χ3n) is 3.28. The smallest absolute Gasteiger partial charge is 0.306 e. The van der Waals surface area contributed by atoms with Crippen molar-refractivity contribution in [2.24, 2.45) is 5.92 Å². The first-order valence-electron chi connectivity index (χ1n) is 5.24. The van der Waals surface area contributed by atoms with E-state index in [2.05, 4.69) is 0 Å². The van der Waals surface area contributed by atoms with E-state index < -0.39 is 11.9 Å². The monoisotopic (exact) mass is 223 g/mol. The molecule has 1 heterocycles. The number of aliphatic carboxylic acids is 1. The Kier molecular flexibility index (Phi) is 2.58. The van der Waals surface area contributed by atoms with Gasteiger partial charge in [0.15, 0.2) is 0 Å². The molecule has 0 amide bonds. The summed E-state index contributed by atoms with van der Waals surface area (Å²) >= 11 is 0. The molecular weight excluding hydrogens is 209 g/mol. The van der Waals surface area contributed by atoms with Crippen LogP contribution in [0.2, 0.25) is 0 Å². The molecule has 2 rings (SSSR count). The highest BCUT2D eigenvalue weighted by Crippen LogP contribution is 2.40. The van der Waals surface area contributed by atoms with Gasteiger partial charge in [0.1, 0.15) is 5.82 Å². The second-order valence-electron chi connectivity index (χ2n) is 4.29. The van der Waals surface area contributed by atoms with Crippen molar-refractivity contribution in [3.8, 4) is 0 Å². The van der Waals surface area contributed by atoms with Crippen LogP contribution >= 0.6 is 0 Å². The van der Waals surface area contributed by atoms with Crippen molar-refractivity contribution in [1.82, 2.24) is 0 Å². The molecule has 0 saturated carbocycles. The number of carbonyl (C=O) groups is 1. The van der Waals surface area contributed by atoms with E-state index in [0.717, 1.165) is 5.69 Å². The van der Waals surface area contributed by atoms with Crippen molar-refractivity contribution in [3.63, 3.8) is 0 Å². The maximum Gasteiger partial charge on any atom is 0.306 e. The van der Waals surface area contributed by atoms with Gasteiger partial charge in [-0.3, -0.25) is 4.79 Å². The Hall–Kier alpha value is -1.58. The molecule has 16 heavy (non-hydrogen) atoms. The number of rotatable bonds is 2. The first-order valence-corrected chi connectivity index (χ1v) is 5.24. The summed E-state index contributed by atoms with van der Waals surface area (Å²) in [7, 11) is 1.85. The van der Waals surface area contributed by atoms with Gasteiger partial charge in [-0.1, -0.05) is 13.0 Å². The van der Waals surface area contributed by atoms with Crippen molar-refractivity contribution in [1.29, 1.82) is 0 Å². The molecule has 1 aromatic rings. The minimum atomic E-state index is -0.880. The average Bonchev–Trinajstić information content (AvgIpc) is 2.57. The summed E-state index contributed by atoms with van der Waals surface area (Å²) in [5, 5.41) is 9.00. The zero-order chi connectivity index (χ0) is 11.9. The van der Waals surface area contributed by atoms with E-state index in [-0.39, 0.29) is 11.7 Å². The van der Waals surface area contributed by atoms with Crippen molar-refractivity contribution in [3.05, 3.63) is 29.6 Å². The summed E-state index contributed by atoms with van der Waals surface area (Å²) in [4.78, 5) is 12.9. The second-order valence-corrected chi connectivity index (χ2v) is 4.29. The molecule has 0 saturated heterocycles. The Labute approximate surface area is 93.5 Å². The SMILES string of the molecule is CC(C(=O)O)C1CN(C)c2cccc(F)c21. The Morgan fingerprint density at radius 2 is 2.31 bits per heavy atom. The van der Waals surface area contributed by atoms with Gasteiger partial charge in [0.25, 0.3) is 0 Å². The van der Waals surface area contributed by atoms with Crippen LogP contribution in [0.25, 0.3) is 0 Å². The lowest BCUT2D eigenvalue weighted by atomic mass is 9.89. The summed E-state index contributed by atoms with van der Waals surface area (Å²) in [6, 6.07) is 4.87. The highest BCUT2D eigenvalue weighted by atomic mass is 19.1. The number of carboxylic acids is 1. The number of hydrogen-bond acceptors (Lipinski definition) is 2. The highest BCUT2D eigenvalue weighted by Gasteiger charge is 2.35. The minimum absolute atomic E-state index is 0.265. The molecule has 1 aromatic carbocycles. The lowest BCUT2D eigenvalue weighted by Crippen LogP contribution is -2.24. The molecule has 4 heteroatoms. The van der Waals surface area contributed by atoms with E-state index in [0.29, 0.717) is 12.1 Å². The molecule has 3 nitrogen and oxygen atoms in total. The van der Waals surface area contributed by atoms with Gasteiger partial charge in [0.05, 0.1) is 5.92 Å². The molecule has 0 radical (unpaired) electrons. The van der Waals surface area contributed by atoms with Crippen molar-refractivity contribution in [2.75, 3.05) is 18.5 Å². The van der Waals surface area contributed by atoms with E-state index in [1.54, 1.807) is 13.0 Å². The molecule has 1 aliphatic rings. The molecule has 2 unspecified atom stereocenters. The van der Waals surface area contributed by atoms with E-state index in [4.69, 9.17) is 5.11 Å². The maximum atomic E-state index is 13.7. The van der Waals surface area contributed by atoms with Crippen molar-refractivity contribution >= 4 is 11.7 Å². The fraction of sp³-hybridized carbons (Fsp3) is 0.417. The Morgan fingerprint density at radius 3 is 2.94 bits per heavy atom. The normalized spacial score (nSPS) is 20.7. The van der Waals surface area contributed by atoms with Gasteiger partial charge in [-0.2, -0.15) is 0 Å². The maximum absolute atomic E-state index is 13.7. The zero-order valence-corrected chi connectivity index (χ0v) is 9.27. The van der Waals surface area contributed by atoms with Gasteiger partial charge < -0.3 is 10.0 Å². The Bertz CT molecular complexity index is 433. The van der Waals surface area contributed by atoms with Crippen LogP contribution in [0, 0.1) is 11.7 Å². The van der Waals surface area contributed by atoms with E-state index >= 15 is 0 Å². The number of fused-ring (bicyclic) bond motifs is 1. The first kappa shape index (κ1) is 10.9. The summed E-state index contributed by atoms with van der Waals surface area (Å²) in [5.74, 6) is -2.02. The molecule has 0 aromatic heterocycles. The zero-order valence-electron chi connectivity index (χ0n) is 9.27. The van der Waals surface area contributed by atoms with E-state index in [1.807, 2.05) is 18.0 Å². The number of halogens is 1. The topological polar surface area (TPSA) is 40.5 Å². The van der Waals surface area contributed by atoms with Crippen LogP contribution < -0.4 is 4.90 Å². The Balaban J connectivity index is 2.46. The lowest BCUT2D eigenvalue weighted by molar-refractivity contribution is -0.141. The number of carboxylic acid groups (broad SMARTS) is 1. The Morgan fingerprint density at radius 1 is 1.62 bits per heavy atom. The van der Waals surface area contributed by atoms with Gasteiger partial charge in [-0.25, -0.2) is 4.39 Å². The third-order valence-corrected chi connectivity index (χ3v) is 3.28. The van der Waals surface area contributed by atoms with Crippen LogP contribution in [-0.2, 0) is 4.79 Å². The average molecular weight is 223 g/mol. The van der Waals surface area contributed by atoms with Crippen molar-refractivity contribution < 1.29 is 14.3 Å². The molecule has 0 spiro atoms. The fourth-order valence-electron chi connectivity index (χ4n) is 2.29. The van der Waals surface area contributed by atoms with Gasteiger partial charge in [-0.15, -0.1) is 0 Å². The van der Waals surface area contributed by atoms with Crippen LogP contribution in [-0.4, -0.2) is 24.7 Å². The van der Waals surface area contributed by atoms with Gasteiger partial charge in [-0.05, 0) is 12.1 Å². The number of hydrogen-bond donors (Lipinski definition) is 1. The number of anilines is 1. The quantitative estimate of drug-likeness (QED) is 0.834. The third kappa shape index (κ3) is 1.54. The van der Waals surface area contributed by atoms with Crippen LogP contribution in [0.5, 0.6) is 0 Å². The highest BCUT2D eigenvalue weighted by molar-refractivity contribution is 5.73. The standard InChI is InChI=1S/C12H14FNO2/c1-7(12(15)16)8-6-14(2)10-5-3-4-9(13)11(8)10/h3-5,7-8H,6H2,1-2H3,(H,15,16). The molecule has 0 bridgehead atoms. The first-order chi connectivity index (χ1) is 7.52. The fourth-order valence-corrected chi connectivity index (χ4v) is 2.29. The van der Waals surface area contributed by atoms with Gasteiger partial charge in [0.2, 0.25) is 0 Å². The minimum Gasteiger partial charge on any atom is -0.481 e. The molecule has 2 atom stereocenters. The molecule has 0 fully saturated rings. The van der Waals surface area contributed by atoms with Crippen LogP contribution in [0.15, 0.2) is 18.2 Å². The molecule has 86 valence electrons. The lowest BCUT2D eigenvalue weighted by Gasteiger charge is -2.16. The summed E-state index contributed by atoms with van der Waals surface area (Å²) in [6.45, 7) is 2.19. The summed E-state index contributed by atoms with van der Waals surface area (Å²) in [6.07, 6.45) is 0. The molecule has 1 aliphatic heterocycles. The van der Waals surface area contributed by atoms with E-state index in [9.17, 15) is 9.18 Å². The predicted molar refractivity (Wildman–Crippen MR) is 59.2 cm³/mol. The number of nitrogens with zero attached hydrogens (tertiary/aromatic N) is 1. The summed E-state index contributed by atoms with van der Waals surface area (Å²) < 4.78 is 13.7. The number of benzene rings is 1. The van der Waals surface area contributed by atoms with Crippen LogP contribution in [0.3, 0.4) is 0 Å².